The summed E-state index contributed by atoms with van der Waals surface area (Å²) in [5.41, 5.74) is 0. The van der Waals surface area contributed by atoms with Crippen LogP contribution in [-0.2, 0) is 19.0 Å². The third-order valence-corrected chi connectivity index (χ3v) is 4.65. The van der Waals surface area contributed by atoms with E-state index in [0.29, 0.717) is 19.6 Å². The van der Waals surface area contributed by atoms with Crippen molar-refractivity contribution >= 4 is 5.97 Å². The molecule has 0 aromatic rings. The molecule has 0 atom stereocenters. The Balaban J connectivity index is 3.38. The third kappa shape index (κ3) is 19.7. The Labute approximate surface area is 168 Å². The smallest absolute Gasteiger partial charge is 0.306 e. The lowest BCUT2D eigenvalue weighted by molar-refractivity contribution is -0.154. The van der Waals surface area contributed by atoms with Crippen LogP contribution in [0.3, 0.4) is 0 Å². The third-order valence-electron chi connectivity index (χ3n) is 4.65. The summed E-state index contributed by atoms with van der Waals surface area (Å²) >= 11 is 0. The second-order valence-electron chi connectivity index (χ2n) is 7.36. The van der Waals surface area contributed by atoms with Crippen LogP contribution in [0.15, 0.2) is 12.2 Å². The highest BCUT2D eigenvalue weighted by Crippen LogP contribution is 2.10. The van der Waals surface area contributed by atoms with E-state index in [1.807, 2.05) is 0 Å². The van der Waals surface area contributed by atoms with Crippen LogP contribution in [0.2, 0.25) is 0 Å². The Morgan fingerprint density at radius 3 is 1.74 bits per heavy atom. The van der Waals surface area contributed by atoms with Crippen molar-refractivity contribution in [3.05, 3.63) is 12.2 Å². The number of carbonyl (C=O) groups is 1. The Morgan fingerprint density at radius 1 is 0.741 bits per heavy atom. The molecule has 0 aliphatic heterocycles. The largest absolute Gasteiger partial charge is 0.457 e. The molecule has 0 N–H and O–H groups in total. The highest BCUT2D eigenvalue weighted by Gasteiger charge is 2.13. The van der Waals surface area contributed by atoms with Gasteiger partial charge in [0.15, 0.2) is 0 Å². The number of rotatable bonds is 20. The molecule has 0 spiro atoms. The molecule has 4 heteroatoms. The second-order valence-corrected chi connectivity index (χ2v) is 7.36. The van der Waals surface area contributed by atoms with Gasteiger partial charge in [-0.1, -0.05) is 70.4 Å². The molecule has 4 nitrogen and oxygen atoms in total. The Kier molecular flexibility index (Phi) is 20.7. The van der Waals surface area contributed by atoms with Crippen molar-refractivity contribution in [2.75, 3.05) is 27.4 Å². The molecule has 0 saturated heterocycles. The first-order valence-electron chi connectivity index (χ1n) is 11.1. The average molecular weight is 385 g/mol. The maximum absolute atomic E-state index is 11.8. The van der Waals surface area contributed by atoms with Crippen molar-refractivity contribution in [3.8, 4) is 0 Å². The van der Waals surface area contributed by atoms with Crippen LogP contribution in [0.25, 0.3) is 0 Å². The maximum Gasteiger partial charge on any atom is 0.306 e. The molecule has 0 amide bonds. The zero-order valence-electron chi connectivity index (χ0n) is 18.2. The van der Waals surface area contributed by atoms with E-state index in [-0.39, 0.29) is 12.1 Å². The Hall–Kier alpha value is -0.870. The summed E-state index contributed by atoms with van der Waals surface area (Å²) in [7, 11) is 3.20. The molecule has 160 valence electrons. The van der Waals surface area contributed by atoms with Crippen molar-refractivity contribution in [2.45, 2.75) is 103 Å². The van der Waals surface area contributed by atoms with Crippen LogP contribution in [0, 0.1) is 0 Å². The van der Waals surface area contributed by atoms with E-state index in [1.165, 1.54) is 70.6 Å². The van der Waals surface area contributed by atoms with Gasteiger partial charge in [0.05, 0.1) is 13.2 Å². The number of ether oxygens (including phenoxy) is 3. The molecular weight excluding hydrogens is 340 g/mol. The minimum Gasteiger partial charge on any atom is -0.457 e. The van der Waals surface area contributed by atoms with Gasteiger partial charge >= 0.3 is 5.97 Å². The van der Waals surface area contributed by atoms with Gasteiger partial charge in [0.1, 0.15) is 6.10 Å². The van der Waals surface area contributed by atoms with E-state index >= 15 is 0 Å². The van der Waals surface area contributed by atoms with E-state index in [0.717, 1.165) is 12.8 Å². The molecular formula is C23H44O4. The van der Waals surface area contributed by atoms with Gasteiger partial charge in [-0.25, -0.2) is 0 Å². The minimum absolute atomic E-state index is 0.147. The highest BCUT2D eigenvalue weighted by atomic mass is 16.6. The van der Waals surface area contributed by atoms with E-state index < -0.39 is 0 Å². The van der Waals surface area contributed by atoms with Crippen LogP contribution >= 0.6 is 0 Å². The monoisotopic (exact) mass is 384 g/mol. The standard InChI is InChI=1S/C23H44O4/c1-4-5-6-7-8-9-10-11-12-13-14-15-16-17-18-19-23(24)27-22(20-25-2)21-26-3/h11-12,22H,4-10,13-21H2,1-3H3/b12-11-. The van der Waals surface area contributed by atoms with Crippen LogP contribution in [0.5, 0.6) is 0 Å². The molecule has 0 unspecified atom stereocenters. The van der Waals surface area contributed by atoms with Crippen molar-refractivity contribution in [3.63, 3.8) is 0 Å². The van der Waals surface area contributed by atoms with E-state index in [1.54, 1.807) is 14.2 Å². The van der Waals surface area contributed by atoms with Crippen LogP contribution in [0.1, 0.15) is 96.8 Å². The topological polar surface area (TPSA) is 44.8 Å². The number of hydrogen-bond donors (Lipinski definition) is 0. The molecule has 0 aliphatic carbocycles. The van der Waals surface area contributed by atoms with Gasteiger partial charge in [0.25, 0.3) is 0 Å². The first-order valence-corrected chi connectivity index (χ1v) is 11.1. The van der Waals surface area contributed by atoms with Crippen LogP contribution in [-0.4, -0.2) is 39.5 Å². The lowest BCUT2D eigenvalue weighted by Crippen LogP contribution is -2.27. The number of esters is 1. The highest BCUT2D eigenvalue weighted by molar-refractivity contribution is 5.69. The molecule has 0 fully saturated rings. The van der Waals surface area contributed by atoms with Gasteiger partial charge in [-0.05, 0) is 32.1 Å². The van der Waals surface area contributed by atoms with Gasteiger partial charge < -0.3 is 14.2 Å². The molecule has 0 aromatic carbocycles. The van der Waals surface area contributed by atoms with Gasteiger partial charge in [-0.3, -0.25) is 4.79 Å². The fraction of sp³-hybridized carbons (Fsp3) is 0.870. The quantitative estimate of drug-likeness (QED) is 0.142. The normalized spacial score (nSPS) is 11.6. The summed E-state index contributed by atoms with van der Waals surface area (Å²) in [6.45, 7) is 3.03. The zero-order chi connectivity index (χ0) is 20.0. The van der Waals surface area contributed by atoms with Crippen LogP contribution < -0.4 is 0 Å². The molecule has 27 heavy (non-hydrogen) atoms. The van der Waals surface area contributed by atoms with Crippen molar-refractivity contribution in [1.82, 2.24) is 0 Å². The predicted octanol–water partition coefficient (Wildman–Crippen LogP) is 6.23. The number of hydrogen-bond acceptors (Lipinski definition) is 4. The molecule has 0 radical (unpaired) electrons. The Morgan fingerprint density at radius 2 is 1.22 bits per heavy atom. The molecule has 0 aromatic heterocycles. The number of methoxy groups -OCH3 is 2. The second kappa shape index (κ2) is 21.4. The molecule has 0 saturated carbocycles. The van der Waals surface area contributed by atoms with E-state index in [2.05, 4.69) is 19.1 Å². The van der Waals surface area contributed by atoms with E-state index in [4.69, 9.17) is 14.2 Å². The molecule has 0 bridgehead atoms. The summed E-state index contributed by atoms with van der Waals surface area (Å²) in [6, 6.07) is 0. The molecule has 0 aliphatic rings. The van der Waals surface area contributed by atoms with Gasteiger partial charge in [0, 0.05) is 20.6 Å². The molecule has 0 rings (SSSR count). The predicted molar refractivity (Wildman–Crippen MR) is 113 cm³/mol. The first kappa shape index (κ1) is 26.1. The summed E-state index contributed by atoms with van der Waals surface area (Å²) in [6.07, 6.45) is 21.2. The average Bonchev–Trinajstić information content (AvgIpc) is 2.65. The summed E-state index contributed by atoms with van der Waals surface area (Å²) in [5, 5.41) is 0. The number of allylic oxidation sites excluding steroid dienone is 2. The van der Waals surface area contributed by atoms with Gasteiger partial charge in [-0.15, -0.1) is 0 Å². The zero-order valence-corrected chi connectivity index (χ0v) is 18.2. The fourth-order valence-corrected chi connectivity index (χ4v) is 3.07. The summed E-state index contributed by atoms with van der Waals surface area (Å²) < 4.78 is 15.4. The van der Waals surface area contributed by atoms with Gasteiger partial charge in [0.2, 0.25) is 0 Å². The Bertz CT molecular complexity index is 335. The minimum atomic E-state index is -0.296. The lowest BCUT2D eigenvalue weighted by Gasteiger charge is -2.16. The summed E-state index contributed by atoms with van der Waals surface area (Å²) in [4.78, 5) is 11.8. The number of unbranched alkanes of at least 4 members (excludes halogenated alkanes) is 11. The number of carbonyl (C=O) groups excluding carboxylic acids is 1. The molecule has 0 heterocycles. The first-order chi connectivity index (χ1) is 13.2. The summed E-state index contributed by atoms with van der Waals surface area (Å²) in [5.74, 6) is -0.147. The van der Waals surface area contributed by atoms with E-state index in [9.17, 15) is 4.79 Å². The van der Waals surface area contributed by atoms with Crippen molar-refractivity contribution in [2.24, 2.45) is 0 Å². The lowest BCUT2D eigenvalue weighted by atomic mass is 10.1. The van der Waals surface area contributed by atoms with Gasteiger partial charge in [-0.2, -0.15) is 0 Å². The SMILES string of the molecule is CCCCCCCC/C=C\CCCCCCCC(=O)OC(COC)COC. The van der Waals surface area contributed by atoms with Crippen molar-refractivity contribution in [1.29, 1.82) is 0 Å². The fourth-order valence-electron chi connectivity index (χ4n) is 3.07. The van der Waals surface area contributed by atoms with Crippen LogP contribution in [0.4, 0.5) is 0 Å². The van der Waals surface area contributed by atoms with Crippen molar-refractivity contribution < 1.29 is 19.0 Å². The maximum atomic E-state index is 11.8.